The van der Waals surface area contributed by atoms with E-state index in [1.54, 1.807) is 11.9 Å². The van der Waals surface area contributed by atoms with Crippen LogP contribution in [-0.4, -0.2) is 67.1 Å². The van der Waals surface area contributed by atoms with Gasteiger partial charge in [0, 0.05) is 38.1 Å². The van der Waals surface area contributed by atoms with E-state index in [4.69, 9.17) is 4.74 Å². The molecule has 11 heteroatoms. The first-order valence-electron chi connectivity index (χ1n) is 10.9. The molecule has 0 atom stereocenters. The number of nitrogens with zero attached hydrogens (tertiary/aromatic N) is 3. The second-order valence-corrected chi connectivity index (χ2v) is 7.85. The van der Waals surface area contributed by atoms with Crippen molar-refractivity contribution in [1.29, 1.82) is 0 Å². The van der Waals surface area contributed by atoms with Gasteiger partial charge in [0.15, 0.2) is 0 Å². The number of fused-ring (bicyclic) bond motifs is 1. The fourth-order valence-corrected chi connectivity index (χ4v) is 3.88. The van der Waals surface area contributed by atoms with Crippen LogP contribution < -0.4 is 10.6 Å². The number of methoxy groups -OCH3 is 1. The second-order valence-electron chi connectivity index (χ2n) is 7.85. The minimum Gasteiger partial charge on any atom is -0.453 e. The highest BCUT2D eigenvalue weighted by Gasteiger charge is 2.34. The van der Waals surface area contributed by atoms with Crippen LogP contribution in [0.15, 0.2) is 36.5 Å². The number of rotatable bonds is 8. The Hall–Kier alpha value is -3.34. The molecule has 0 saturated heterocycles. The van der Waals surface area contributed by atoms with Crippen LogP contribution >= 0.6 is 0 Å². The zero-order valence-electron chi connectivity index (χ0n) is 19.1. The average molecular weight is 480 g/mol. The van der Waals surface area contributed by atoms with Crippen molar-refractivity contribution in [2.75, 3.05) is 45.7 Å². The molecule has 3 rings (SSSR count). The molecule has 8 nitrogen and oxygen atoms in total. The normalized spacial score (nSPS) is 13.3. The number of ether oxygens (including phenoxy) is 1. The monoisotopic (exact) mass is 479 g/mol. The Balaban J connectivity index is 1.72. The van der Waals surface area contributed by atoms with Crippen molar-refractivity contribution in [1.82, 2.24) is 20.1 Å². The summed E-state index contributed by atoms with van der Waals surface area (Å²) in [4.78, 5) is 31.7. The Morgan fingerprint density at radius 3 is 2.74 bits per heavy atom. The van der Waals surface area contributed by atoms with Gasteiger partial charge < -0.3 is 25.2 Å². The summed E-state index contributed by atoms with van der Waals surface area (Å²) in [6.07, 6.45) is -3.07. The maximum Gasteiger partial charge on any atom is 0.418 e. The molecule has 2 amide bonds. The minimum atomic E-state index is -4.55. The number of anilines is 1. The molecule has 184 valence electrons. The van der Waals surface area contributed by atoms with E-state index in [2.05, 4.69) is 15.6 Å². The summed E-state index contributed by atoms with van der Waals surface area (Å²) in [5.74, 6) is -0.348. The Morgan fingerprint density at radius 1 is 1.24 bits per heavy atom. The molecular weight excluding hydrogens is 451 g/mol. The van der Waals surface area contributed by atoms with Gasteiger partial charge in [-0.1, -0.05) is 12.1 Å². The lowest BCUT2D eigenvalue weighted by molar-refractivity contribution is -0.140. The summed E-state index contributed by atoms with van der Waals surface area (Å²) in [5.41, 5.74) is 1.67. The van der Waals surface area contributed by atoms with Crippen LogP contribution in [0.1, 0.15) is 22.4 Å². The molecule has 2 N–H and O–H groups in total. The van der Waals surface area contributed by atoms with Gasteiger partial charge in [-0.25, -0.2) is 4.79 Å². The van der Waals surface area contributed by atoms with Gasteiger partial charge in [-0.2, -0.15) is 13.2 Å². The predicted molar refractivity (Wildman–Crippen MR) is 120 cm³/mol. The number of halogens is 3. The van der Waals surface area contributed by atoms with E-state index in [0.717, 1.165) is 22.9 Å². The molecule has 2 heterocycles. The van der Waals surface area contributed by atoms with Gasteiger partial charge >= 0.3 is 12.3 Å². The van der Waals surface area contributed by atoms with Gasteiger partial charge in [-0.15, -0.1) is 0 Å². The molecule has 0 radical (unpaired) electrons. The van der Waals surface area contributed by atoms with Crippen LogP contribution in [0.3, 0.4) is 0 Å². The topological polar surface area (TPSA) is 86.8 Å². The largest absolute Gasteiger partial charge is 0.453 e. The molecule has 0 spiro atoms. The van der Waals surface area contributed by atoms with Crippen LogP contribution in [-0.2, 0) is 35.2 Å². The Labute approximate surface area is 196 Å². The van der Waals surface area contributed by atoms with Crippen molar-refractivity contribution >= 4 is 17.7 Å². The first kappa shape index (κ1) is 25.3. The highest BCUT2D eigenvalue weighted by atomic mass is 19.4. The van der Waals surface area contributed by atoms with Crippen molar-refractivity contribution in [2.45, 2.75) is 25.7 Å². The second kappa shape index (κ2) is 11.2. The van der Waals surface area contributed by atoms with Crippen LogP contribution in [0.25, 0.3) is 0 Å². The van der Waals surface area contributed by atoms with Crippen LogP contribution in [0.5, 0.6) is 0 Å². The van der Waals surface area contributed by atoms with Gasteiger partial charge in [-0.3, -0.25) is 9.78 Å². The predicted octanol–water partition coefficient (Wildman–Crippen LogP) is 2.89. The molecule has 0 fully saturated rings. The first-order chi connectivity index (χ1) is 16.2. The standard InChI is InChI=1S/C23H28F3N5O3/c1-27-10-12-30(15-20-18(23(24,25)26)6-4-9-28-20)21(32)13-29-19-7-3-5-16-14-31(22(33)34-2)11-8-17(16)19/h3-7,9,27,29H,8,10-15H2,1-2H3. The molecule has 1 aromatic carbocycles. The van der Waals surface area contributed by atoms with E-state index in [-0.39, 0.29) is 31.2 Å². The third-order valence-electron chi connectivity index (χ3n) is 5.65. The van der Waals surface area contributed by atoms with Gasteiger partial charge in [0.25, 0.3) is 0 Å². The van der Waals surface area contributed by atoms with Crippen molar-refractivity contribution in [3.05, 3.63) is 58.9 Å². The summed E-state index contributed by atoms with van der Waals surface area (Å²) >= 11 is 0. The number of benzene rings is 1. The van der Waals surface area contributed by atoms with Crippen LogP contribution in [0, 0.1) is 0 Å². The molecule has 0 unspecified atom stereocenters. The molecule has 0 aliphatic carbocycles. The average Bonchev–Trinajstić information content (AvgIpc) is 2.83. The van der Waals surface area contributed by atoms with E-state index < -0.39 is 17.8 Å². The third kappa shape index (κ3) is 6.16. The number of aromatic nitrogens is 1. The highest BCUT2D eigenvalue weighted by molar-refractivity contribution is 5.81. The number of hydrogen-bond acceptors (Lipinski definition) is 6. The number of nitrogens with one attached hydrogen (secondary N) is 2. The van der Waals surface area contributed by atoms with Crippen molar-refractivity contribution < 1.29 is 27.5 Å². The fourth-order valence-electron chi connectivity index (χ4n) is 3.88. The molecule has 0 bridgehead atoms. The number of carbonyl (C=O) groups excluding carboxylic acids is 2. The lowest BCUT2D eigenvalue weighted by Gasteiger charge is -2.29. The molecular formula is C23H28F3N5O3. The SMILES string of the molecule is CNCCN(Cc1ncccc1C(F)(F)F)C(=O)CNc1cccc2c1CCN(C(=O)OC)C2. The molecule has 34 heavy (non-hydrogen) atoms. The van der Waals surface area contributed by atoms with Crippen LogP contribution in [0.2, 0.25) is 0 Å². The summed E-state index contributed by atoms with van der Waals surface area (Å²) in [6, 6.07) is 7.78. The van der Waals surface area contributed by atoms with Gasteiger partial charge in [0.05, 0.1) is 31.5 Å². The third-order valence-corrected chi connectivity index (χ3v) is 5.65. The van der Waals surface area contributed by atoms with Crippen molar-refractivity contribution in [2.24, 2.45) is 0 Å². The summed E-state index contributed by atoms with van der Waals surface area (Å²) in [7, 11) is 3.04. The van der Waals surface area contributed by atoms with E-state index in [1.807, 2.05) is 18.2 Å². The maximum absolute atomic E-state index is 13.4. The minimum absolute atomic E-state index is 0.0882. The fraction of sp³-hybridized carbons (Fsp3) is 0.435. The molecule has 0 saturated carbocycles. The number of amides is 2. The number of likely N-dealkylation sites (N-methyl/N-ethyl adjacent to an activating group) is 1. The smallest absolute Gasteiger partial charge is 0.418 e. The van der Waals surface area contributed by atoms with E-state index >= 15 is 0 Å². The lowest BCUT2D eigenvalue weighted by Crippen LogP contribution is -2.40. The maximum atomic E-state index is 13.4. The van der Waals surface area contributed by atoms with Crippen LogP contribution in [0.4, 0.5) is 23.7 Å². The molecule has 2 aromatic rings. The molecule has 1 aliphatic heterocycles. The van der Waals surface area contributed by atoms with E-state index in [9.17, 15) is 22.8 Å². The Morgan fingerprint density at radius 2 is 2.03 bits per heavy atom. The number of pyridine rings is 1. The van der Waals surface area contributed by atoms with Crippen molar-refractivity contribution in [3.63, 3.8) is 0 Å². The number of alkyl halides is 3. The van der Waals surface area contributed by atoms with E-state index in [1.165, 1.54) is 24.3 Å². The number of carbonyl (C=O) groups is 2. The first-order valence-corrected chi connectivity index (χ1v) is 10.9. The van der Waals surface area contributed by atoms with Gasteiger partial charge in [0.1, 0.15) is 0 Å². The number of hydrogen-bond donors (Lipinski definition) is 2. The zero-order valence-corrected chi connectivity index (χ0v) is 19.1. The lowest BCUT2D eigenvalue weighted by atomic mass is 9.98. The summed E-state index contributed by atoms with van der Waals surface area (Å²) in [6.45, 7) is 1.20. The van der Waals surface area contributed by atoms with Gasteiger partial charge in [0.2, 0.25) is 5.91 Å². The van der Waals surface area contributed by atoms with Gasteiger partial charge in [-0.05, 0) is 42.8 Å². The highest BCUT2D eigenvalue weighted by Crippen LogP contribution is 2.31. The Bertz CT molecular complexity index is 1020. The van der Waals surface area contributed by atoms with E-state index in [0.29, 0.717) is 26.1 Å². The quantitative estimate of drug-likeness (QED) is 0.606. The molecule has 1 aliphatic rings. The summed E-state index contributed by atoms with van der Waals surface area (Å²) < 4.78 is 44.9. The summed E-state index contributed by atoms with van der Waals surface area (Å²) in [5, 5.41) is 6.05. The van der Waals surface area contributed by atoms with Crippen molar-refractivity contribution in [3.8, 4) is 0 Å². The zero-order chi connectivity index (χ0) is 24.7. The molecule has 1 aromatic heterocycles. The Kier molecular flexibility index (Phi) is 8.32.